The minimum atomic E-state index is 0.450. The molecule has 0 radical (unpaired) electrons. The van der Waals surface area contributed by atoms with Crippen LogP contribution in [0, 0.1) is 11.8 Å². The van der Waals surface area contributed by atoms with Crippen molar-refractivity contribution in [1.82, 2.24) is 5.32 Å². The number of ether oxygens (including phenoxy) is 1. The maximum Gasteiger partial charge on any atom is 0.120 e. The van der Waals surface area contributed by atoms with E-state index in [1.807, 2.05) is 31.3 Å². The summed E-state index contributed by atoms with van der Waals surface area (Å²) in [4.78, 5) is 0. The van der Waals surface area contributed by atoms with Crippen molar-refractivity contribution in [2.45, 2.75) is 18.9 Å². The zero-order chi connectivity index (χ0) is 10.5. The third-order valence-electron chi connectivity index (χ3n) is 2.16. The first kappa shape index (κ1) is 10.1. The average molecular weight is 201 g/mol. The Balaban J connectivity index is 2.01. The fraction of sp³-hybridized carbons (Fsp3) is 0.385. The van der Waals surface area contributed by atoms with Crippen LogP contribution in [0.25, 0.3) is 0 Å². The van der Waals surface area contributed by atoms with Gasteiger partial charge in [0.2, 0.25) is 0 Å². The summed E-state index contributed by atoms with van der Waals surface area (Å²) in [5.74, 6) is 7.06. The fourth-order valence-corrected chi connectivity index (χ4v) is 1.26. The quantitative estimate of drug-likeness (QED) is 0.753. The highest BCUT2D eigenvalue weighted by molar-refractivity contribution is 5.40. The third-order valence-corrected chi connectivity index (χ3v) is 2.16. The number of hydrogen-bond donors (Lipinski definition) is 1. The predicted molar refractivity (Wildman–Crippen MR) is 60.9 cm³/mol. The van der Waals surface area contributed by atoms with Gasteiger partial charge in [-0.25, -0.2) is 0 Å². The topological polar surface area (TPSA) is 21.3 Å². The Kier molecular flexibility index (Phi) is 3.26. The molecule has 1 N–H and O–H groups in total. The highest BCUT2D eigenvalue weighted by Crippen LogP contribution is 2.26. The van der Waals surface area contributed by atoms with E-state index in [-0.39, 0.29) is 0 Å². The Labute approximate surface area is 90.6 Å². The van der Waals surface area contributed by atoms with E-state index in [4.69, 9.17) is 4.74 Å². The second-order valence-electron chi connectivity index (χ2n) is 3.68. The van der Waals surface area contributed by atoms with E-state index in [9.17, 15) is 0 Å². The van der Waals surface area contributed by atoms with Crippen LogP contribution in [-0.2, 0) is 0 Å². The van der Waals surface area contributed by atoms with Crippen LogP contribution < -0.4 is 10.1 Å². The highest BCUT2D eigenvalue weighted by atomic mass is 16.5. The van der Waals surface area contributed by atoms with Crippen LogP contribution >= 0.6 is 0 Å². The Morgan fingerprint density at radius 2 is 2.33 bits per heavy atom. The standard InChI is InChI=1S/C13H15NO/c1-14-9-3-5-11-4-2-6-13(10-11)15-12-7-8-12/h2,4,6,10,12,14H,7-9H2,1H3. The lowest BCUT2D eigenvalue weighted by molar-refractivity contribution is 0.303. The molecule has 0 bridgehead atoms. The molecule has 1 fully saturated rings. The average Bonchev–Trinajstić information content (AvgIpc) is 3.03. The molecule has 0 aromatic heterocycles. The molecule has 2 nitrogen and oxygen atoms in total. The van der Waals surface area contributed by atoms with Crippen molar-refractivity contribution in [2.75, 3.05) is 13.6 Å². The summed E-state index contributed by atoms with van der Waals surface area (Å²) < 4.78 is 5.69. The highest BCUT2D eigenvalue weighted by Gasteiger charge is 2.23. The molecular formula is C13H15NO. The van der Waals surface area contributed by atoms with Crippen LogP contribution in [0.4, 0.5) is 0 Å². The van der Waals surface area contributed by atoms with Crippen LogP contribution in [-0.4, -0.2) is 19.7 Å². The van der Waals surface area contributed by atoms with Crippen molar-refractivity contribution < 1.29 is 4.74 Å². The van der Waals surface area contributed by atoms with Crippen molar-refractivity contribution >= 4 is 0 Å². The van der Waals surface area contributed by atoms with Gasteiger partial charge in [-0.3, -0.25) is 0 Å². The molecular weight excluding hydrogens is 186 g/mol. The predicted octanol–water partition coefficient (Wildman–Crippen LogP) is 1.80. The van der Waals surface area contributed by atoms with E-state index in [0.29, 0.717) is 12.6 Å². The maximum atomic E-state index is 5.69. The fourth-order valence-electron chi connectivity index (χ4n) is 1.26. The molecule has 0 saturated heterocycles. The summed E-state index contributed by atoms with van der Waals surface area (Å²) in [5, 5.41) is 2.99. The van der Waals surface area contributed by atoms with E-state index < -0.39 is 0 Å². The molecule has 1 aromatic carbocycles. The van der Waals surface area contributed by atoms with Gasteiger partial charge in [0.15, 0.2) is 0 Å². The van der Waals surface area contributed by atoms with Crippen molar-refractivity contribution in [2.24, 2.45) is 0 Å². The van der Waals surface area contributed by atoms with Crippen LogP contribution in [0.3, 0.4) is 0 Å². The van der Waals surface area contributed by atoms with Gasteiger partial charge in [0.25, 0.3) is 0 Å². The number of hydrogen-bond acceptors (Lipinski definition) is 2. The van der Waals surface area contributed by atoms with Gasteiger partial charge in [-0.15, -0.1) is 0 Å². The van der Waals surface area contributed by atoms with Gasteiger partial charge in [-0.05, 0) is 38.1 Å². The first-order valence-corrected chi connectivity index (χ1v) is 5.28. The number of rotatable bonds is 3. The van der Waals surface area contributed by atoms with Gasteiger partial charge < -0.3 is 10.1 Å². The maximum absolute atomic E-state index is 5.69. The van der Waals surface area contributed by atoms with Gasteiger partial charge in [0, 0.05) is 5.56 Å². The van der Waals surface area contributed by atoms with Gasteiger partial charge in [-0.1, -0.05) is 17.9 Å². The van der Waals surface area contributed by atoms with Crippen molar-refractivity contribution in [1.29, 1.82) is 0 Å². The Hall–Kier alpha value is -1.46. The lowest BCUT2D eigenvalue weighted by Gasteiger charge is -2.03. The summed E-state index contributed by atoms with van der Waals surface area (Å²) in [6.45, 7) is 0.716. The molecule has 0 atom stereocenters. The zero-order valence-electron chi connectivity index (χ0n) is 8.92. The van der Waals surface area contributed by atoms with Crippen LogP contribution in [0.1, 0.15) is 18.4 Å². The van der Waals surface area contributed by atoms with Crippen LogP contribution in [0.15, 0.2) is 24.3 Å². The van der Waals surface area contributed by atoms with Crippen LogP contribution in [0.2, 0.25) is 0 Å². The Morgan fingerprint density at radius 1 is 1.47 bits per heavy atom. The molecule has 0 spiro atoms. The van der Waals surface area contributed by atoms with Crippen molar-refractivity contribution in [3.05, 3.63) is 29.8 Å². The molecule has 78 valence electrons. The second kappa shape index (κ2) is 4.86. The number of benzene rings is 1. The lowest BCUT2D eigenvalue weighted by Crippen LogP contribution is -2.04. The molecule has 1 saturated carbocycles. The summed E-state index contributed by atoms with van der Waals surface area (Å²) in [7, 11) is 1.89. The third kappa shape index (κ3) is 3.30. The first-order valence-electron chi connectivity index (χ1n) is 5.28. The molecule has 1 aliphatic carbocycles. The van der Waals surface area contributed by atoms with Gasteiger partial charge in [0.1, 0.15) is 5.75 Å². The molecule has 2 rings (SSSR count). The van der Waals surface area contributed by atoms with E-state index in [2.05, 4.69) is 17.2 Å². The minimum absolute atomic E-state index is 0.450. The van der Waals surface area contributed by atoms with Gasteiger partial charge in [-0.2, -0.15) is 0 Å². The SMILES string of the molecule is CNCC#Cc1cccc(OC2CC2)c1. The van der Waals surface area contributed by atoms with E-state index in [0.717, 1.165) is 11.3 Å². The summed E-state index contributed by atoms with van der Waals surface area (Å²) in [6.07, 6.45) is 2.83. The van der Waals surface area contributed by atoms with Gasteiger partial charge in [0.05, 0.1) is 12.6 Å². The Morgan fingerprint density at radius 3 is 3.07 bits per heavy atom. The molecule has 0 amide bonds. The monoisotopic (exact) mass is 201 g/mol. The first-order chi connectivity index (χ1) is 7.38. The second-order valence-corrected chi connectivity index (χ2v) is 3.68. The smallest absolute Gasteiger partial charge is 0.120 e. The van der Waals surface area contributed by atoms with Crippen molar-refractivity contribution in [3.8, 4) is 17.6 Å². The lowest BCUT2D eigenvalue weighted by atomic mass is 10.2. The van der Waals surface area contributed by atoms with Gasteiger partial charge >= 0.3 is 0 Å². The summed E-state index contributed by atoms with van der Waals surface area (Å²) in [5.41, 5.74) is 1.02. The summed E-state index contributed by atoms with van der Waals surface area (Å²) >= 11 is 0. The molecule has 2 heteroatoms. The molecule has 1 aromatic rings. The largest absolute Gasteiger partial charge is 0.490 e. The Bertz CT molecular complexity index is 385. The molecule has 1 aliphatic rings. The summed E-state index contributed by atoms with van der Waals surface area (Å²) in [6, 6.07) is 7.98. The van der Waals surface area contributed by atoms with E-state index in [1.54, 1.807) is 0 Å². The van der Waals surface area contributed by atoms with E-state index >= 15 is 0 Å². The molecule has 15 heavy (non-hydrogen) atoms. The normalized spacial score (nSPS) is 14.2. The molecule has 0 aliphatic heterocycles. The zero-order valence-corrected chi connectivity index (χ0v) is 8.92. The number of nitrogens with one attached hydrogen (secondary N) is 1. The van der Waals surface area contributed by atoms with E-state index in [1.165, 1.54) is 12.8 Å². The minimum Gasteiger partial charge on any atom is -0.490 e. The molecule has 0 heterocycles. The van der Waals surface area contributed by atoms with Crippen LogP contribution in [0.5, 0.6) is 5.75 Å². The van der Waals surface area contributed by atoms with Crippen molar-refractivity contribution in [3.63, 3.8) is 0 Å². The molecule has 0 unspecified atom stereocenters.